The smallest absolute Gasteiger partial charge is 0.358 e. The second-order valence-electron chi connectivity index (χ2n) is 3.02. The van der Waals surface area contributed by atoms with Gasteiger partial charge in [-0.25, -0.2) is 14.8 Å². The van der Waals surface area contributed by atoms with E-state index >= 15 is 0 Å². The number of methoxy groups -OCH3 is 1. The Morgan fingerprint density at radius 3 is 2.87 bits per heavy atom. The van der Waals surface area contributed by atoms with Gasteiger partial charge in [-0.1, -0.05) is 0 Å². The molecule has 2 aromatic heterocycles. The molecule has 6 heteroatoms. The maximum atomic E-state index is 11.2. The summed E-state index contributed by atoms with van der Waals surface area (Å²) in [5.41, 5.74) is 1.70. The van der Waals surface area contributed by atoms with Crippen LogP contribution in [0.5, 0.6) is 0 Å². The van der Waals surface area contributed by atoms with E-state index < -0.39 is 5.97 Å². The standard InChI is InChI=1S/C9H8BrN3O2/c1-5-3-13-4-6(9(14)15-2)12-8(13)7(10)11-5/h3-4H,1-2H3. The van der Waals surface area contributed by atoms with E-state index in [1.165, 1.54) is 7.11 Å². The molecule has 5 nitrogen and oxygen atoms in total. The predicted molar refractivity (Wildman–Crippen MR) is 56.8 cm³/mol. The molecule has 0 amide bonds. The molecule has 0 spiro atoms. The number of rotatable bonds is 1. The number of ether oxygens (including phenoxy) is 1. The summed E-state index contributed by atoms with van der Waals surface area (Å²) < 4.78 is 6.93. The van der Waals surface area contributed by atoms with Crippen molar-refractivity contribution in [1.29, 1.82) is 0 Å². The van der Waals surface area contributed by atoms with Gasteiger partial charge in [0, 0.05) is 12.4 Å². The molecule has 78 valence electrons. The molecule has 0 aromatic carbocycles. The van der Waals surface area contributed by atoms with Crippen LogP contribution in [-0.2, 0) is 4.74 Å². The van der Waals surface area contributed by atoms with E-state index in [1.807, 2.05) is 6.92 Å². The van der Waals surface area contributed by atoms with Crippen molar-refractivity contribution in [2.24, 2.45) is 0 Å². The molecule has 0 radical (unpaired) electrons. The quantitative estimate of drug-likeness (QED) is 0.738. The van der Waals surface area contributed by atoms with Crippen molar-refractivity contribution < 1.29 is 9.53 Å². The number of fused-ring (bicyclic) bond motifs is 1. The zero-order valence-corrected chi connectivity index (χ0v) is 9.78. The highest BCUT2D eigenvalue weighted by Crippen LogP contribution is 2.16. The summed E-state index contributed by atoms with van der Waals surface area (Å²) >= 11 is 3.29. The predicted octanol–water partition coefficient (Wildman–Crippen LogP) is 1.59. The Hall–Kier alpha value is -1.43. The van der Waals surface area contributed by atoms with Crippen molar-refractivity contribution in [2.45, 2.75) is 6.92 Å². The Kier molecular flexibility index (Phi) is 2.44. The molecule has 15 heavy (non-hydrogen) atoms. The van der Waals surface area contributed by atoms with Gasteiger partial charge in [0.15, 0.2) is 11.3 Å². The molecule has 0 atom stereocenters. The Morgan fingerprint density at radius 2 is 2.20 bits per heavy atom. The van der Waals surface area contributed by atoms with Crippen LogP contribution in [-0.4, -0.2) is 27.4 Å². The fraction of sp³-hybridized carbons (Fsp3) is 0.222. The van der Waals surface area contributed by atoms with Crippen molar-refractivity contribution in [3.63, 3.8) is 0 Å². The fourth-order valence-electron chi connectivity index (χ4n) is 1.28. The van der Waals surface area contributed by atoms with Crippen molar-refractivity contribution in [1.82, 2.24) is 14.4 Å². The zero-order chi connectivity index (χ0) is 11.0. The summed E-state index contributed by atoms with van der Waals surface area (Å²) in [6.45, 7) is 1.86. The number of carbonyl (C=O) groups is 1. The maximum absolute atomic E-state index is 11.2. The van der Waals surface area contributed by atoms with E-state index in [0.717, 1.165) is 5.69 Å². The minimum Gasteiger partial charge on any atom is -0.464 e. The van der Waals surface area contributed by atoms with E-state index in [4.69, 9.17) is 0 Å². The lowest BCUT2D eigenvalue weighted by Crippen LogP contribution is -2.00. The van der Waals surface area contributed by atoms with Crippen LogP contribution in [0.25, 0.3) is 5.65 Å². The number of esters is 1. The van der Waals surface area contributed by atoms with Crippen LogP contribution in [0.4, 0.5) is 0 Å². The number of imidazole rings is 1. The van der Waals surface area contributed by atoms with Crippen LogP contribution in [0.2, 0.25) is 0 Å². The van der Waals surface area contributed by atoms with Crippen molar-refractivity contribution >= 4 is 27.5 Å². The molecule has 0 aliphatic carbocycles. The Labute approximate surface area is 94.2 Å². The molecule has 0 saturated heterocycles. The third-order valence-electron chi connectivity index (χ3n) is 1.91. The summed E-state index contributed by atoms with van der Waals surface area (Å²) in [4.78, 5) is 19.5. The van der Waals surface area contributed by atoms with E-state index in [2.05, 4.69) is 30.6 Å². The maximum Gasteiger partial charge on any atom is 0.358 e. The molecule has 0 fully saturated rings. The summed E-state index contributed by atoms with van der Waals surface area (Å²) in [6.07, 6.45) is 3.40. The van der Waals surface area contributed by atoms with E-state index in [-0.39, 0.29) is 5.69 Å². The van der Waals surface area contributed by atoms with Gasteiger partial charge in [0.05, 0.1) is 12.8 Å². The highest BCUT2D eigenvalue weighted by molar-refractivity contribution is 9.10. The van der Waals surface area contributed by atoms with E-state index in [9.17, 15) is 4.79 Å². The minimum atomic E-state index is -0.455. The van der Waals surface area contributed by atoms with Gasteiger partial charge in [-0.05, 0) is 22.9 Å². The largest absolute Gasteiger partial charge is 0.464 e. The van der Waals surface area contributed by atoms with Crippen LogP contribution < -0.4 is 0 Å². The van der Waals surface area contributed by atoms with Crippen LogP contribution in [0, 0.1) is 6.92 Å². The highest BCUT2D eigenvalue weighted by Gasteiger charge is 2.12. The lowest BCUT2D eigenvalue weighted by atomic mass is 10.5. The van der Waals surface area contributed by atoms with Gasteiger partial charge in [0.1, 0.15) is 4.60 Å². The summed E-state index contributed by atoms with van der Waals surface area (Å²) in [5.74, 6) is -0.455. The molecule has 0 unspecified atom stereocenters. The average Bonchev–Trinajstić information content (AvgIpc) is 2.60. The molecule has 0 aliphatic rings. The molecule has 2 heterocycles. The first kappa shape index (κ1) is 10.1. The highest BCUT2D eigenvalue weighted by atomic mass is 79.9. The molecule has 0 saturated carbocycles. The van der Waals surface area contributed by atoms with Crippen molar-refractivity contribution in [3.05, 3.63) is 28.4 Å². The number of carbonyl (C=O) groups excluding carboxylic acids is 1. The second-order valence-corrected chi connectivity index (χ2v) is 3.77. The second kappa shape index (κ2) is 3.62. The zero-order valence-electron chi connectivity index (χ0n) is 8.19. The van der Waals surface area contributed by atoms with Gasteiger partial charge in [-0.15, -0.1) is 0 Å². The van der Waals surface area contributed by atoms with Crippen LogP contribution in [0.3, 0.4) is 0 Å². The first-order valence-electron chi connectivity index (χ1n) is 4.22. The minimum absolute atomic E-state index is 0.269. The van der Waals surface area contributed by atoms with Gasteiger partial charge in [-0.2, -0.15) is 0 Å². The van der Waals surface area contributed by atoms with E-state index in [1.54, 1.807) is 16.8 Å². The Morgan fingerprint density at radius 1 is 1.47 bits per heavy atom. The van der Waals surface area contributed by atoms with Crippen LogP contribution in [0.15, 0.2) is 17.0 Å². The normalized spacial score (nSPS) is 10.6. The van der Waals surface area contributed by atoms with Crippen molar-refractivity contribution in [3.8, 4) is 0 Å². The van der Waals surface area contributed by atoms with Gasteiger partial charge < -0.3 is 9.14 Å². The molecule has 2 aromatic rings. The van der Waals surface area contributed by atoms with Crippen LogP contribution in [0.1, 0.15) is 16.2 Å². The van der Waals surface area contributed by atoms with Gasteiger partial charge in [-0.3, -0.25) is 0 Å². The third-order valence-corrected chi connectivity index (χ3v) is 2.44. The summed E-state index contributed by atoms with van der Waals surface area (Å²) in [5, 5.41) is 0. The lowest BCUT2D eigenvalue weighted by Gasteiger charge is -1.96. The van der Waals surface area contributed by atoms with E-state index in [0.29, 0.717) is 10.3 Å². The van der Waals surface area contributed by atoms with Gasteiger partial charge in [0.25, 0.3) is 0 Å². The molecule has 2 rings (SSSR count). The Bertz CT molecular complexity index is 535. The lowest BCUT2D eigenvalue weighted by molar-refractivity contribution is 0.0595. The number of nitrogens with zero attached hydrogens (tertiary/aromatic N) is 3. The fourth-order valence-corrected chi connectivity index (χ4v) is 1.86. The number of hydrogen-bond donors (Lipinski definition) is 0. The third kappa shape index (κ3) is 1.72. The molecular weight excluding hydrogens is 262 g/mol. The molecular formula is C9H8BrN3O2. The topological polar surface area (TPSA) is 56.5 Å². The van der Waals surface area contributed by atoms with Gasteiger partial charge >= 0.3 is 5.97 Å². The summed E-state index contributed by atoms with van der Waals surface area (Å²) in [6, 6.07) is 0. The van der Waals surface area contributed by atoms with Crippen LogP contribution >= 0.6 is 15.9 Å². The summed E-state index contributed by atoms with van der Waals surface area (Å²) in [7, 11) is 1.32. The van der Waals surface area contributed by atoms with Gasteiger partial charge in [0.2, 0.25) is 0 Å². The number of hydrogen-bond acceptors (Lipinski definition) is 4. The molecule has 0 aliphatic heterocycles. The number of aryl methyl sites for hydroxylation is 1. The monoisotopic (exact) mass is 269 g/mol. The number of aromatic nitrogens is 3. The molecule has 0 N–H and O–H groups in total. The first-order chi connectivity index (χ1) is 7.11. The van der Waals surface area contributed by atoms with Crippen molar-refractivity contribution in [2.75, 3.05) is 7.11 Å². The molecule has 0 bridgehead atoms. The average molecular weight is 270 g/mol. The SMILES string of the molecule is COC(=O)c1cn2cc(C)nc(Br)c2n1. The first-order valence-corrected chi connectivity index (χ1v) is 5.01. The Balaban J connectivity index is 2.65. The number of halogens is 1.